The van der Waals surface area contributed by atoms with E-state index in [0.717, 1.165) is 11.3 Å². The van der Waals surface area contributed by atoms with Gasteiger partial charge in [-0.15, -0.1) is 0 Å². The first-order valence-electron chi connectivity index (χ1n) is 5.35. The van der Waals surface area contributed by atoms with E-state index >= 15 is 0 Å². The number of carbonyl (C=O) groups is 1. The number of anilines is 2. The van der Waals surface area contributed by atoms with Crippen molar-refractivity contribution in [2.24, 2.45) is 0 Å². The third-order valence-electron chi connectivity index (χ3n) is 2.46. The normalized spacial score (nSPS) is 10.3. The van der Waals surface area contributed by atoms with Crippen molar-refractivity contribution in [1.82, 2.24) is 4.98 Å². The molecule has 0 saturated carbocycles. The number of nitrogens with two attached hydrogens (primary N) is 1. The fraction of sp³-hybridized carbons (Fsp3) is 0.167. The Morgan fingerprint density at radius 1 is 1.50 bits per heavy atom. The number of rotatable bonds is 3. The van der Waals surface area contributed by atoms with E-state index in [4.69, 9.17) is 5.73 Å². The van der Waals surface area contributed by atoms with Gasteiger partial charge in [-0.3, -0.25) is 4.79 Å². The smallest absolute Gasteiger partial charge is 0.267 e. The number of nitrogens with one attached hydrogen (secondary N) is 1. The molecule has 0 aliphatic heterocycles. The van der Waals surface area contributed by atoms with Crippen LogP contribution in [0.4, 0.5) is 10.8 Å². The highest BCUT2D eigenvalue weighted by molar-refractivity contribution is 7.17. The maximum Gasteiger partial charge on any atom is 0.267 e. The number of para-hydroxylation sites is 1. The molecule has 0 aliphatic carbocycles. The SMILES string of the molecule is Cc1nc(N)sc1C(=O)Nc1ccccc1CO. The Bertz CT molecular complexity index is 580. The molecule has 4 N–H and O–H groups in total. The number of hydrogen-bond acceptors (Lipinski definition) is 5. The second-order valence-corrected chi connectivity index (χ2v) is 4.77. The number of aliphatic hydroxyl groups excluding tert-OH is 1. The van der Waals surface area contributed by atoms with E-state index in [9.17, 15) is 9.90 Å². The van der Waals surface area contributed by atoms with Gasteiger partial charge in [0.05, 0.1) is 12.3 Å². The van der Waals surface area contributed by atoms with Gasteiger partial charge in [-0.25, -0.2) is 4.98 Å². The van der Waals surface area contributed by atoms with Gasteiger partial charge in [-0.1, -0.05) is 29.5 Å². The highest BCUT2D eigenvalue weighted by Crippen LogP contribution is 2.22. The van der Waals surface area contributed by atoms with Crippen LogP contribution in [0.1, 0.15) is 20.9 Å². The first-order valence-corrected chi connectivity index (χ1v) is 6.16. The average Bonchev–Trinajstić information content (AvgIpc) is 2.69. The number of amides is 1. The molecule has 0 atom stereocenters. The van der Waals surface area contributed by atoms with E-state index in [1.54, 1.807) is 31.2 Å². The lowest BCUT2D eigenvalue weighted by molar-refractivity contribution is 0.102. The molecule has 0 radical (unpaired) electrons. The van der Waals surface area contributed by atoms with Crippen molar-refractivity contribution in [2.45, 2.75) is 13.5 Å². The number of nitrogen functional groups attached to an aromatic ring is 1. The predicted octanol–water partition coefficient (Wildman–Crippen LogP) is 1.78. The number of nitrogens with zero attached hydrogens (tertiary/aromatic N) is 1. The van der Waals surface area contributed by atoms with Gasteiger partial charge >= 0.3 is 0 Å². The van der Waals surface area contributed by atoms with E-state index in [1.807, 2.05) is 0 Å². The van der Waals surface area contributed by atoms with Gasteiger partial charge in [0, 0.05) is 11.3 Å². The lowest BCUT2D eigenvalue weighted by Gasteiger charge is -2.08. The van der Waals surface area contributed by atoms with Crippen LogP contribution >= 0.6 is 11.3 Å². The first kappa shape index (κ1) is 12.5. The first-order chi connectivity index (χ1) is 8.61. The fourth-order valence-corrected chi connectivity index (χ4v) is 2.32. The van der Waals surface area contributed by atoms with Crippen molar-refractivity contribution in [1.29, 1.82) is 0 Å². The summed E-state index contributed by atoms with van der Waals surface area (Å²) < 4.78 is 0. The molecular formula is C12H13N3O2S. The quantitative estimate of drug-likeness (QED) is 0.787. The summed E-state index contributed by atoms with van der Waals surface area (Å²) >= 11 is 1.15. The molecule has 18 heavy (non-hydrogen) atoms. The lowest BCUT2D eigenvalue weighted by Crippen LogP contribution is -2.13. The van der Waals surface area contributed by atoms with Crippen LogP contribution in [0.5, 0.6) is 0 Å². The molecule has 1 aromatic heterocycles. The summed E-state index contributed by atoms with van der Waals surface area (Å²) in [5, 5.41) is 12.3. The van der Waals surface area contributed by atoms with Crippen molar-refractivity contribution >= 4 is 28.1 Å². The monoisotopic (exact) mass is 263 g/mol. The molecule has 1 amide bonds. The van der Waals surface area contributed by atoms with Gasteiger partial charge in [0.15, 0.2) is 5.13 Å². The van der Waals surface area contributed by atoms with E-state index in [-0.39, 0.29) is 12.5 Å². The highest BCUT2D eigenvalue weighted by Gasteiger charge is 2.15. The van der Waals surface area contributed by atoms with E-state index in [0.29, 0.717) is 27.0 Å². The largest absolute Gasteiger partial charge is 0.392 e. The predicted molar refractivity (Wildman–Crippen MR) is 71.6 cm³/mol. The summed E-state index contributed by atoms with van der Waals surface area (Å²) in [6, 6.07) is 7.09. The molecule has 6 heteroatoms. The zero-order valence-corrected chi connectivity index (χ0v) is 10.6. The second kappa shape index (κ2) is 5.16. The van der Waals surface area contributed by atoms with Crippen LogP contribution in [0.15, 0.2) is 24.3 Å². The summed E-state index contributed by atoms with van der Waals surface area (Å²) in [7, 11) is 0. The Morgan fingerprint density at radius 2 is 2.22 bits per heavy atom. The molecule has 0 bridgehead atoms. The zero-order valence-electron chi connectivity index (χ0n) is 9.80. The Kier molecular flexibility index (Phi) is 3.59. The van der Waals surface area contributed by atoms with Gasteiger partial charge in [0.2, 0.25) is 0 Å². The number of aliphatic hydroxyl groups is 1. The number of thiazole rings is 1. The molecular weight excluding hydrogens is 250 g/mol. The van der Waals surface area contributed by atoms with Gasteiger partial charge in [-0.05, 0) is 13.0 Å². The molecule has 2 rings (SSSR count). The van der Waals surface area contributed by atoms with Crippen LogP contribution < -0.4 is 11.1 Å². The topological polar surface area (TPSA) is 88.2 Å². The summed E-state index contributed by atoms with van der Waals surface area (Å²) in [5.41, 5.74) is 7.42. The summed E-state index contributed by atoms with van der Waals surface area (Å²) in [6.45, 7) is 1.61. The summed E-state index contributed by atoms with van der Waals surface area (Å²) in [5.74, 6) is -0.261. The fourth-order valence-electron chi connectivity index (χ4n) is 1.59. The van der Waals surface area contributed by atoms with Crippen LogP contribution in [0.2, 0.25) is 0 Å². The molecule has 1 aromatic carbocycles. The summed E-state index contributed by atoms with van der Waals surface area (Å²) in [6.07, 6.45) is 0. The van der Waals surface area contributed by atoms with E-state index in [1.165, 1.54) is 0 Å². The zero-order chi connectivity index (χ0) is 13.1. The van der Waals surface area contributed by atoms with Crippen molar-refractivity contribution < 1.29 is 9.90 Å². The van der Waals surface area contributed by atoms with Crippen LogP contribution in [-0.4, -0.2) is 16.0 Å². The maximum atomic E-state index is 12.0. The highest BCUT2D eigenvalue weighted by atomic mass is 32.1. The average molecular weight is 263 g/mol. The van der Waals surface area contributed by atoms with Crippen molar-refractivity contribution in [3.05, 3.63) is 40.4 Å². The Hall–Kier alpha value is -1.92. The molecule has 0 fully saturated rings. The Labute approximate surface area is 108 Å². The Morgan fingerprint density at radius 3 is 2.83 bits per heavy atom. The molecule has 0 saturated heterocycles. The minimum absolute atomic E-state index is 0.125. The minimum atomic E-state index is -0.261. The lowest BCUT2D eigenvalue weighted by atomic mass is 10.2. The van der Waals surface area contributed by atoms with Gasteiger partial charge < -0.3 is 16.2 Å². The number of aromatic nitrogens is 1. The second-order valence-electron chi connectivity index (χ2n) is 3.74. The maximum absolute atomic E-state index is 12.0. The van der Waals surface area contributed by atoms with Crippen molar-refractivity contribution in [3.63, 3.8) is 0 Å². The van der Waals surface area contributed by atoms with Crippen molar-refractivity contribution in [2.75, 3.05) is 11.1 Å². The van der Waals surface area contributed by atoms with Crippen LogP contribution in [0.25, 0.3) is 0 Å². The number of hydrogen-bond donors (Lipinski definition) is 3. The standard InChI is InChI=1S/C12H13N3O2S/c1-7-10(18-12(13)14-7)11(17)15-9-5-3-2-4-8(9)6-16/h2-5,16H,6H2,1H3,(H2,13,14)(H,15,17). The van der Waals surface area contributed by atoms with Crippen molar-refractivity contribution in [3.8, 4) is 0 Å². The molecule has 2 aromatic rings. The number of benzene rings is 1. The van der Waals surface area contributed by atoms with Crippen LogP contribution in [0, 0.1) is 6.92 Å². The molecule has 5 nitrogen and oxygen atoms in total. The van der Waals surface area contributed by atoms with E-state index < -0.39 is 0 Å². The molecule has 0 aliphatic rings. The van der Waals surface area contributed by atoms with Gasteiger partial charge in [-0.2, -0.15) is 0 Å². The molecule has 0 spiro atoms. The van der Waals surface area contributed by atoms with Gasteiger partial charge in [0.1, 0.15) is 4.88 Å². The third-order valence-corrected chi connectivity index (χ3v) is 3.44. The Balaban J connectivity index is 2.24. The number of carbonyl (C=O) groups excluding carboxylic acids is 1. The molecule has 1 heterocycles. The number of aryl methyl sites for hydroxylation is 1. The minimum Gasteiger partial charge on any atom is -0.392 e. The molecule has 0 unspecified atom stereocenters. The van der Waals surface area contributed by atoms with Gasteiger partial charge in [0.25, 0.3) is 5.91 Å². The van der Waals surface area contributed by atoms with Crippen LogP contribution in [-0.2, 0) is 6.61 Å². The van der Waals surface area contributed by atoms with Crippen LogP contribution in [0.3, 0.4) is 0 Å². The summed E-state index contributed by atoms with van der Waals surface area (Å²) in [4.78, 5) is 16.5. The van der Waals surface area contributed by atoms with E-state index in [2.05, 4.69) is 10.3 Å². The third kappa shape index (κ3) is 2.49. The molecule has 94 valence electrons.